The Labute approximate surface area is 171 Å². The minimum absolute atomic E-state index is 0. The smallest absolute Gasteiger partial charge is 1.00 e. The van der Waals surface area contributed by atoms with Crippen molar-refractivity contribution in [3.63, 3.8) is 0 Å². The van der Waals surface area contributed by atoms with Gasteiger partial charge in [-0.25, -0.2) is 0 Å². The summed E-state index contributed by atoms with van der Waals surface area (Å²) in [6, 6.07) is 9.35. The first kappa shape index (κ1) is 27.4. The van der Waals surface area contributed by atoms with Crippen LogP contribution >= 0.6 is 0 Å². The Morgan fingerprint density at radius 1 is 0.909 bits per heavy atom. The molecule has 0 aliphatic heterocycles. The molecule has 0 bridgehead atoms. The van der Waals surface area contributed by atoms with Crippen molar-refractivity contribution in [3.05, 3.63) is 41.0 Å². The van der Waals surface area contributed by atoms with Crippen LogP contribution in [0.4, 0.5) is 0 Å². The summed E-state index contributed by atoms with van der Waals surface area (Å²) < 4.78 is 0. The molecule has 0 N–H and O–H groups in total. The van der Waals surface area contributed by atoms with Crippen molar-refractivity contribution in [3.8, 4) is 0 Å². The van der Waals surface area contributed by atoms with Crippen LogP contribution in [0.5, 0.6) is 0 Å². The summed E-state index contributed by atoms with van der Waals surface area (Å²) in [5, 5.41) is 2.85. The molecule has 3 radical (unpaired) electrons. The molecule has 0 aliphatic rings. The molecule has 0 amide bonds. The van der Waals surface area contributed by atoms with E-state index in [-0.39, 0.29) is 51.0 Å². The zero-order valence-corrected chi connectivity index (χ0v) is 19.7. The van der Waals surface area contributed by atoms with E-state index in [1.54, 1.807) is 0 Å². The number of rotatable bonds is 2. The number of benzene rings is 1. The van der Waals surface area contributed by atoms with Gasteiger partial charge in [-0.15, -0.1) is 28.5 Å². The average molecular weight is 434 g/mol. The zero-order valence-electron chi connectivity index (χ0n) is 14.7. The Kier molecular flexibility index (Phi) is 16.0. The third kappa shape index (κ3) is 7.39. The van der Waals surface area contributed by atoms with Gasteiger partial charge in [0.1, 0.15) is 0 Å². The van der Waals surface area contributed by atoms with Crippen molar-refractivity contribution in [1.29, 1.82) is 0 Å². The van der Waals surface area contributed by atoms with E-state index in [1.165, 1.54) is 27.5 Å². The van der Waals surface area contributed by atoms with Crippen molar-refractivity contribution >= 4 is 20.3 Å². The summed E-state index contributed by atoms with van der Waals surface area (Å²) >= 11 is 0. The van der Waals surface area contributed by atoms with E-state index in [0.29, 0.717) is 11.8 Å². The first-order valence-electron chi connectivity index (χ1n) is 7.20. The van der Waals surface area contributed by atoms with Gasteiger partial charge in [0.25, 0.3) is 0 Å². The fourth-order valence-electron chi connectivity index (χ4n) is 2.33. The molecule has 0 nitrogen and oxygen atoms in total. The Hall–Kier alpha value is 0.510. The number of hydrogen-bond donors (Lipinski definition) is 0. The monoisotopic (exact) mass is 431 g/mol. The fraction of sp³-hybridized carbons (Fsp3) is 0.500. The number of fused-ring (bicyclic) bond motifs is 1. The molecule has 0 unspecified atom stereocenters. The van der Waals surface area contributed by atoms with E-state index >= 15 is 0 Å². The molecule has 0 saturated heterocycles. The summed E-state index contributed by atoms with van der Waals surface area (Å²) in [5.74, 6) is 1.21. The molecule has 0 spiro atoms. The Bertz CT molecular complexity index is 533. The molecule has 0 fully saturated rings. The third-order valence-corrected chi connectivity index (χ3v) is 3.31. The van der Waals surface area contributed by atoms with Crippen LogP contribution in [0.25, 0.3) is 10.8 Å². The van der Waals surface area contributed by atoms with E-state index in [4.69, 9.17) is 0 Å². The Morgan fingerprint density at radius 2 is 1.41 bits per heavy atom. The van der Waals surface area contributed by atoms with Crippen LogP contribution in [0.1, 0.15) is 56.2 Å². The number of aryl methyl sites for hydroxylation is 1. The van der Waals surface area contributed by atoms with E-state index in [0.717, 1.165) is 9.52 Å². The zero-order chi connectivity index (χ0) is 14.6. The molecular weight excluding hydrogens is 406 g/mol. The molecule has 2 aromatic carbocycles. The van der Waals surface area contributed by atoms with Crippen LogP contribution < -0.4 is 24.8 Å². The standard InChI is InChI=1S/C16H21.C2H6Si.2ClH.Zr/c1-10(2)13-8-14-6-12(5)7-16(14)15(9-13)11(3)4;1-3-2;;;/h6-11H,1-5H3;1-2H3;2*1H;/q-1;;;;+3/p-2. The Morgan fingerprint density at radius 3 is 1.82 bits per heavy atom. The van der Waals surface area contributed by atoms with Crippen LogP contribution in [-0.2, 0) is 26.2 Å². The minimum atomic E-state index is 0. The maximum Gasteiger partial charge on any atom is 3.00 e. The second-order valence-electron chi connectivity index (χ2n) is 5.96. The molecule has 0 heterocycles. The van der Waals surface area contributed by atoms with E-state index in [2.05, 4.69) is 72.0 Å². The van der Waals surface area contributed by atoms with Crippen molar-refractivity contribution < 1.29 is 51.0 Å². The summed E-state index contributed by atoms with van der Waals surface area (Å²) in [6.07, 6.45) is 0. The molecule has 0 saturated carbocycles. The van der Waals surface area contributed by atoms with Gasteiger partial charge in [-0.2, -0.15) is 6.07 Å². The van der Waals surface area contributed by atoms with Gasteiger partial charge >= 0.3 is 26.2 Å². The topological polar surface area (TPSA) is 0 Å². The van der Waals surface area contributed by atoms with Crippen LogP contribution in [0.3, 0.4) is 0 Å². The molecule has 121 valence electrons. The maximum atomic E-state index is 2.39. The second-order valence-corrected chi connectivity index (χ2v) is 6.96. The molecule has 22 heavy (non-hydrogen) atoms. The van der Waals surface area contributed by atoms with Crippen LogP contribution in [0, 0.1) is 6.92 Å². The maximum absolute atomic E-state index is 2.39. The number of hydrogen-bond acceptors (Lipinski definition) is 0. The minimum Gasteiger partial charge on any atom is -1.00 e. The third-order valence-electron chi connectivity index (χ3n) is 3.31. The van der Waals surface area contributed by atoms with Gasteiger partial charge in [0.15, 0.2) is 0 Å². The van der Waals surface area contributed by atoms with Gasteiger partial charge in [0, 0.05) is 9.52 Å². The van der Waals surface area contributed by atoms with Crippen LogP contribution in [-0.4, -0.2) is 9.52 Å². The quantitative estimate of drug-likeness (QED) is 0.459. The van der Waals surface area contributed by atoms with Crippen LogP contribution in [0.2, 0.25) is 13.1 Å². The molecule has 0 aliphatic carbocycles. The molecule has 0 atom stereocenters. The van der Waals surface area contributed by atoms with Crippen LogP contribution in [0.15, 0.2) is 24.3 Å². The predicted octanol–water partition coefficient (Wildman–Crippen LogP) is -0.0938. The number of halogens is 2. The Balaban J connectivity index is -0.000000558. The normalized spacial score (nSPS) is 9.50. The SMILES string of the molecule is C[Si]C.Cc1cc2c(C(C)C)cc(C(C)C)cc2[cH-]1.[Cl-].[Cl-].[Zr+3]. The van der Waals surface area contributed by atoms with E-state index in [9.17, 15) is 0 Å². The van der Waals surface area contributed by atoms with E-state index in [1.807, 2.05) is 0 Å². The summed E-state index contributed by atoms with van der Waals surface area (Å²) in [6.45, 7) is 15.6. The average Bonchev–Trinajstić information content (AvgIpc) is 2.68. The molecule has 2 aromatic rings. The second kappa shape index (κ2) is 12.9. The van der Waals surface area contributed by atoms with Gasteiger partial charge in [-0.05, 0) is 11.8 Å². The van der Waals surface area contributed by atoms with E-state index < -0.39 is 0 Å². The van der Waals surface area contributed by atoms with Crippen molar-refractivity contribution in [2.24, 2.45) is 0 Å². The first-order valence-corrected chi connectivity index (χ1v) is 9.20. The predicted molar refractivity (Wildman–Crippen MR) is 89.9 cm³/mol. The summed E-state index contributed by atoms with van der Waals surface area (Å²) in [7, 11) is 1.08. The largest absolute Gasteiger partial charge is 3.00 e. The van der Waals surface area contributed by atoms with Crippen molar-refractivity contribution in [1.82, 2.24) is 0 Å². The van der Waals surface area contributed by atoms with Gasteiger partial charge in [-0.3, -0.25) is 0 Å². The summed E-state index contributed by atoms with van der Waals surface area (Å²) in [4.78, 5) is 0. The first-order chi connectivity index (χ1) is 8.90. The molecule has 4 heteroatoms. The molecular formula is C18H27Cl2SiZr. The molecule has 2 rings (SSSR count). The van der Waals surface area contributed by atoms with Gasteiger partial charge in [-0.1, -0.05) is 64.9 Å². The summed E-state index contributed by atoms with van der Waals surface area (Å²) in [5.41, 5.74) is 4.33. The van der Waals surface area contributed by atoms with Gasteiger partial charge in [0.05, 0.1) is 0 Å². The molecule has 0 aromatic heterocycles. The van der Waals surface area contributed by atoms with Crippen molar-refractivity contribution in [2.45, 2.75) is 59.5 Å². The fourth-order valence-corrected chi connectivity index (χ4v) is 2.33. The van der Waals surface area contributed by atoms with Gasteiger partial charge in [0.2, 0.25) is 0 Å². The van der Waals surface area contributed by atoms with Crippen molar-refractivity contribution in [2.75, 3.05) is 0 Å². The van der Waals surface area contributed by atoms with Gasteiger partial charge < -0.3 is 24.8 Å².